The molecule has 0 bridgehead atoms. The highest BCUT2D eigenvalue weighted by Crippen LogP contribution is 2.13. The monoisotopic (exact) mass is 288 g/mol. The van der Waals surface area contributed by atoms with Gasteiger partial charge in [0.05, 0.1) is 6.10 Å². The van der Waals surface area contributed by atoms with Gasteiger partial charge in [-0.05, 0) is 18.4 Å². The van der Waals surface area contributed by atoms with Crippen molar-refractivity contribution in [3.63, 3.8) is 0 Å². The molecule has 1 N–H and O–H groups in total. The van der Waals surface area contributed by atoms with Crippen molar-refractivity contribution in [2.24, 2.45) is 0 Å². The number of carbonyl (C=O) groups excluding carboxylic acids is 1. The Morgan fingerprint density at radius 1 is 1.30 bits per heavy atom. The molecular formula is C17H24O2Si. The maximum Gasteiger partial charge on any atom is 0.138 e. The van der Waals surface area contributed by atoms with Crippen LogP contribution in [0.2, 0.25) is 19.6 Å². The van der Waals surface area contributed by atoms with E-state index in [4.69, 9.17) is 0 Å². The molecule has 2 nitrogen and oxygen atoms in total. The zero-order valence-electron chi connectivity index (χ0n) is 12.6. The van der Waals surface area contributed by atoms with E-state index in [9.17, 15) is 9.90 Å². The molecule has 0 aliphatic carbocycles. The average molecular weight is 288 g/mol. The minimum atomic E-state index is -1.92. The molecule has 0 saturated heterocycles. The molecule has 0 aliphatic rings. The van der Waals surface area contributed by atoms with Gasteiger partial charge in [-0.25, -0.2) is 0 Å². The molecule has 1 atom stereocenters. The molecule has 1 rings (SSSR count). The number of allylic oxidation sites excluding steroid dienone is 1. The third kappa shape index (κ3) is 5.27. The van der Waals surface area contributed by atoms with Crippen molar-refractivity contribution in [1.29, 1.82) is 0 Å². The molecule has 1 aromatic carbocycles. The third-order valence-electron chi connectivity index (χ3n) is 3.09. The largest absolute Gasteiger partial charge is 0.384 e. The number of rotatable bonds is 7. The van der Waals surface area contributed by atoms with Crippen molar-refractivity contribution in [3.05, 3.63) is 60.2 Å². The molecule has 0 fully saturated rings. The van der Waals surface area contributed by atoms with Crippen LogP contribution in [0.5, 0.6) is 0 Å². The first-order valence-corrected chi connectivity index (χ1v) is 10.4. The van der Waals surface area contributed by atoms with Crippen LogP contribution in [0.3, 0.4) is 0 Å². The number of benzene rings is 1. The van der Waals surface area contributed by atoms with Gasteiger partial charge in [0.1, 0.15) is 13.5 Å². The molecule has 0 heterocycles. The SMILES string of the molecule is C=C(C(=O)[Si](C)(C)C)C(O)C=CCCc1ccccc1. The van der Waals surface area contributed by atoms with Crippen molar-refractivity contribution in [1.82, 2.24) is 0 Å². The van der Waals surface area contributed by atoms with Crippen molar-refractivity contribution in [2.45, 2.75) is 38.6 Å². The molecule has 0 amide bonds. The van der Waals surface area contributed by atoms with Gasteiger partial charge in [0.25, 0.3) is 0 Å². The standard InChI is InChI=1S/C17H24O2Si/c1-14(17(19)20(2,3)4)16(18)13-9-8-12-15-10-6-5-7-11-15/h5-7,9-11,13,16,18H,1,8,12H2,2-4H3. The van der Waals surface area contributed by atoms with Crippen molar-refractivity contribution < 1.29 is 9.90 Å². The van der Waals surface area contributed by atoms with E-state index in [1.165, 1.54) is 5.56 Å². The summed E-state index contributed by atoms with van der Waals surface area (Å²) >= 11 is 0. The summed E-state index contributed by atoms with van der Waals surface area (Å²) in [5.41, 5.74) is 1.59. The van der Waals surface area contributed by atoms with Crippen LogP contribution in [0.15, 0.2) is 54.6 Å². The Balaban J connectivity index is 2.46. The van der Waals surface area contributed by atoms with Gasteiger partial charge in [-0.2, -0.15) is 0 Å². The second-order valence-corrected chi connectivity index (χ2v) is 11.0. The molecule has 0 radical (unpaired) electrons. The number of carbonyl (C=O) groups is 1. The zero-order chi connectivity index (χ0) is 15.2. The van der Waals surface area contributed by atoms with E-state index < -0.39 is 14.2 Å². The topological polar surface area (TPSA) is 37.3 Å². The Labute approximate surface area is 122 Å². The van der Waals surface area contributed by atoms with Gasteiger partial charge in [0.15, 0.2) is 0 Å². The number of aryl methyl sites for hydroxylation is 1. The van der Waals surface area contributed by atoms with Crippen LogP contribution in [0.1, 0.15) is 12.0 Å². The first-order chi connectivity index (χ1) is 9.32. The van der Waals surface area contributed by atoms with E-state index in [1.54, 1.807) is 6.08 Å². The summed E-state index contributed by atoms with van der Waals surface area (Å²) in [6.07, 6.45) is 4.50. The number of aliphatic hydroxyl groups is 1. The third-order valence-corrected chi connectivity index (χ3v) is 4.77. The van der Waals surface area contributed by atoms with Crippen LogP contribution in [0.25, 0.3) is 0 Å². The molecule has 20 heavy (non-hydrogen) atoms. The maximum atomic E-state index is 12.0. The molecule has 0 aromatic heterocycles. The highest BCUT2D eigenvalue weighted by molar-refractivity contribution is 7.05. The quantitative estimate of drug-likeness (QED) is 0.473. The van der Waals surface area contributed by atoms with Crippen molar-refractivity contribution in [2.75, 3.05) is 0 Å². The molecule has 0 spiro atoms. The smallest absolute Gasteiger partial charge is 0.138 e. The van der Waals surface area contributed by atoms with Gasteiger partial charge in [-0.3, -0.25) is 0 Å². The van der Waals surface area contributed by atoms with Crippen LogP contribution in [0, 0.1) is 0 Å². The van der Waals surface area contributed by atoms with E-state index in [0.717, 1.165) is 12.8 Å². The van der Waals surface area contributed by atoms with Crippen LogP contribution in [-0.2, 0) is 11.2 Å². The van der Waals surface area contributed by atoms with Crippen LogP contribution >= 0.6 is 0 Å². The summed E-state index contributed by atoms with van der Waals surface area (Å²) in [4.78, 5) is 12.0. The summed E-state index contributed by atoms with van der Waals surface area (Å²) in [7, 11) is -1.92. The predicted octanol–water partition coefficient (Wildman–Crippen LogP) is 3.54. The first kappa shape index (κ1) is 16.6. The minimum Gasteiger partial charge on any atom is -0.384 e. The Morgan fingerprint density at radius 2 is 1.90 bits per heavy atom. The van der Waals surface area contributed by atoms with Gasteiger partial charge in [-0.15, -0.1) is 0 Å². The van der Waals surface area contributed by atoms with Crippen LogP contribution < -0.4 is 0 Å². The van der Waals surface area contributed by atoms with Gasteiger partial charge in [0, 0.05) is 5.57 Å². The summed E-state index contributed by atoms with van der Waals surface area (Å²) in [6, 6.07) is 10.2. The Hall–Kier alpha value is -1.45. The molecule has 0 saturated carbocycles. The van der Waals surface area contributed by atoms with Crippen molar-refractivity contribution in [3.8, 4) is 0 Å². The summed E-state index contributed by atoms with van der Waals surface area (Å²) < 4.78 is 0. The normalized spacial score (nSPS) is 13.4. The highest BCUT2D eigenvalue weighted by atomic mass is 28.3. The van der Waals surface area contributed by atoms with Gasteiger partial charge >= 0.3 is 0 Å². The van der Waals surface area contributed by atoms with E-state index in [-0.39, 0.29) is 5.41 Å². The lowest BCUT2D eigenvalue weighted by atomic mass is 10.1. The van der Waals surface area contributed by atoms with E-state index >= 15 is 0 Å². The predicted molar refractivity (Wildman–Crippen MR) is 87.4 cm³/mol. The molecule has 3 heteroatoms. The number of hydrogen-bond acceptors (Lipinski definition) is 2. The van der Waals surface area contributed by atoms with E-state index in [0.29, 0.717) is 5.57 Å². The Kier molecular flexibility index (Phi) is 6.11. The maximum absolute atomic E-state index is 12.0. The highest BCUT2D eigenvalue weighted by Gasteiger charge is 2.28. The zero-order valence-corrected chi connectivity index (χ0v) is 13.6. The molecule has 108 valence electrons. The molecule has 0 aliphatic heterocycles. The fourth-order valence-electron chi connectivity index (χ4n) is 1.85. The minimum absolute atomic E-state index is 0.0395. The second-order valence-electron chi connectivity index (χ2n) is 6.00. The van der Waals surface area contributed by atoms with Gasteiger partial charge in [0.2, 0.25) is 0 Å². The summed E-state index contributed by atoms with van der Waals surface area (Å²) in [6.45, 7) is 9.64. The summed E-state index contributed by atoms with van der Waals surface area (Å²) in [5, 5.41) is 10.0. The fraction of sp³-hybridized carbons (Fsp3) is 0.353. The Morgan fingerprint density at radius 3 is 2.45 bits per heavy atom. The molecule has 1 unspecified atom stereocenters. The average Bonchev–Trinajstić information content (AvgIpc) is 2.41. The van der Waals surface area contributed by atoms with E-state index in [2.05, 4.69) is 18.7 Å². The lowest BCUT2D eigenvalue weighted by Crippen LogP contribution is -2.37. The first-order valence-electron chi connectivity index (χ1n) is 6.94. The van der Waals surface area contributed by atoms with Crippen molar-refractivity contribution >= 4 is 13.5 Å². The number of hydrogen-bond donors (Lipinski definition) is 1. The van der Waals surface area contributed by atoms with Crippen LogP contribution in [0.4, 0.5) is 0 Å². The lowest BCUT2D eigenvalue weighted by Gasteiger charge is -2.18. The van der Waals surface area contributed by atoms with E-state index in [1.807, 2.05) is 43.9 Å². The Bertz CT molecular complexity index is 483. The molecule has 1 aromatic rings. The van der Waals surface area contributed by atoms with Gasteiger partial charge < -0.3 is 9.90 Å². The number of aliphatic hydroxyl groups excluding tert-OH is 1. The van der Waals surface area contributed by atoms with Crippen LogP contribution in [-0.4, -0.2) is 24.7 Å². The lowest BCUT2D eigenvalue weighted by molar-refractivity contribution is -0.110. The second kappa shape index (κ2) is 7.36. The summed E-state index contributed by atoms with van der Waals surface area (Å²) in [5.74, 6) is 0. The molecular weight excluding hydrogens is 264 g/mol. The van der Waals surface area contributed by atoms with Gasteiger partial charge in [-0.1, -0.05) is 68.7 Å². The fourth-order valence-corrected chi connectivity index (χ4v) is 2.96.